The lowest BCUT2D eigenvalue weighted by Crippen LogP contribution is -2.13. The van der Waals surface area contributed by atoms with Gasteiger partial charge < -0.3 is 40.2 Å². The van der Waals surface area contributed by atoms with E-state index < -0.39 is 0 Å². The number of nitrogens with zero attached hydrogens (tertiary/aromatic N) is 4. The van der Waals surface area contributed by atoms with E-state index in [1.807, 2.05) is 72.8 Å². The van der Waals surface area contributed by atoms with Crippen LogP contribution in [0.3, 0.4) is 0 Å². The molecule has 0 amide bonds. The Kier molecular flexibility index (Phi) is 18.0. The van der Waals surface area contributed by atoms with E-state index in [9.17, 15) is 19.2 Å². The van der Waals surface area contributed by atoms with Gasteiger partial charge in [0, 0.05) is 62.5 Å². The summed E-state index contributed by atoms with van der Waals surface area (Å²) in [6, 6.07) is 56.9. The van der Waals surface area contributed by atoms with E-state index in [-0.39, 0.29) is 71.9 Å². The number of fused-ring (bicyclic) bond motifs is 10. The number of anilines is 4. The monoisotopic (exact) mass is 1140 g/mol. The highest BCUT2D eigenvalue weighted by Gasteiger charge is 2.22. The van der Waals surface area contributed by atoms with Crippen molar-refractivity contribution >= 4 is 93.5 Å². The Balaban J connectivity index is 0.954. The van der Waals surface area contributed by atoms with Gasteiger partial charge in [0.2, 0.25) is 0 Å². The van der Waals surface area contributed by atoms with Crippen LogP contribution in [0.4, 0.5) is 45.5 Å². The predicted molar refractivity (Wildman–Crippen MR) is 340 cm³/mol. The molecule has 4 bridgehead atoms. The van der Waals surface area contributed by atoms with Gasteiger partial charge in [-0.15, -0.1) is 0 Å². The third-order valence-corrected chi connectivity index (χ3v) is 13.7. The van der Waals surface area contributed by atoms with Crippen LogP contribution in [0.15, 0.2) is 261 Å². The van der Waals surface area contributed by atoms with Crippen LogP contribution in [0.2, 0.25) is 0 Å². The summed E-state index contributed by atoms with van der Waals surface area (Å²) in [4.78, 5) is 78.1. The first-order valence-electron chi connectivity index (χ1n) is 27.8. The second-order valence-corrected chi connectivity index (χ2v) is 19.5. The average Bonchev–Trinajstić information content (AvgIpc) is 3.58. The molecular weight excluding hydrogens is 1080 g/mol. The molecule has 0 unspecified atom stereocenters. The van der Waals surface area contributed by atoms with E-state index in [4.69, 9.17) is 38.9 Å². The van der Waals surface area contributed by atoms with E-state index in [1.54, 1.807) is 146 Å². The molecule has 16 nitrogen and oxygen atoms in total. The minimum absolute atomic E-state index is 0.163. The Morgan fingerprint density at radius 3 is 0.721 bits per heavy atom. The number of hydrogen-bond acceptors (Lipinski definition) is 16. The first-order valence-corrected chi connectivity index (χ1v) is 27.8. The predicted octanol–water partition coefficient (Wildman–Crippen LogP) is 14.6. The van der Waals surface area contributed by atoms with Crippen LogP contribution in [0.5, 0.6) is 23.0 Å². The summed E-state index contributed by atoms with van der Waals surface area (Å²) in [6.07, 6.45) is 13.0. The largest absolute Gasteiger partial charge is 0.493 e. The third kappa shape index (κ3) is 13.7. The minimum atomic E-state index is -0.372. The number of carbonyl (C=O) groups is 4. The van der Waals surface area contributed by atoms with E-state index in [0.717, 1.165) is 0 Å². The van der Waals surface area contributed by atoms with Crippen LogP contribution in [0, 0.1) is 0 Å². The standard InChI is InChI=1S/C70H56N8O8/c79-67-47-39-71-55-23-5-7-25-57(55)73-41-48(42-74-58-26-8-6-24-56(58)72-40-47)69(81)53-21-3-15-33-65(53)85-37-18-38-86-66-34-16-4-22-54(66)70(82)50-45-77-61-29-11-9-27-59(61)75-43-49(44-76-60-28-10-12-30-62(60)78-46-50)68(80)52-20-2-14-32-64(52)84-36-17-35-83-63-31-13-1-19-51(63)67/h1-16,19-34,39-46,71,74-75,78H,17-18,35-38H2/b47-39-,48-42?,49-43?,50-46+,72-40?,73-41?,76-44?,77-45?. The molecule has 11 rings (SSSR count). The Hall–Kier alpha value is -11.5. The molecule has 0 spiro atoms. The normalized spacial score (nSPS) is 16.4. The molecule has 8 aromatic rings. The lowest BCUT2D eigenvalue weighted by Gasteiger charge is -2.15. The van der Waals surface area contributed by atoms with Gasteiger partial charge in [-0.3, -0.25) is 39.1 Å². The van der Waals surface area contributed by atoms with Gasteiger partial charge in [-0.1, -0.05) is 97.1 Å². The zero-order chi connectivity index (χ0) is 58.9. The fourth-order valence-corrected chi connectivity index (χ4v) is 9.25. The molecule has 3 aliphatic heterocycles. The zero-order valence-corrected chi connectivity index (χ0v) is 46.4. The number of hydrogen-bond donors (Lipinski definition) is 4. The average molecular weight is 1140 g/mol. The lowest BCUT2D eigenvalue weighted by atomic mass is 10.0. The maximum absolute atomic E-state index is 14.7. The third-order valence-electron chi connectivity index (χ3n) is 13.7. The molecule has 0 saturated heterocycles. The number of ether oxygens (including phenoxy) is 4. The van der Waals surface area contributed by atoms with Crippen molar-refractivity contribution in [3.8, 4) is 23.0 Å². The van der Waals surface area contributed by atoms with Crippen molar-refractivity contribution < 1.29 is 38.1 Å². The number of allylic oxidation sites excluding steroid dienone is 4. The van der Waals surface area contributed by atoms with E-state index >= 15 is 0 Å². The highest BCUT2D eigenvalue weighted by molar-refractivity contribution is 6.25. The maximum atomic E-state index is 14.7. The molecule has 86 heavy (non-hydrogen) atoms. The van der Waals surface area contributed by atoms with Crippen LogP contribution in [0.1, 0.15) is 54.3 Å². The molecule has 3 heterocycles. The molecular formula is C70H56N8O8. The van der Waals surface area contributed by atoms with Crippen LogP contribution >= 0.6 is 0 Å². The Morgan fingerprint density at radius 2 is 0.477 bits per heavy atom. The molecule has 8 aromatic carbocycles. The fraction of sp³-hybridized carbons (Fsp3) is 0.0857. The number of rotatable bonds is 0. The van der Waals surface area contributed by atoms with Gasteiger partial charge in [0.15, 0.2) is 23.1 Å². The number of Topliss-reactive ketones (excluding diaryl/α,β-unsaturated/α-hetero) is 4. The summed E-state index contributed by atoms with van der Waals surface area (Å²) < 4.78 is 25.2. The Morgan fingerprint density at radius 1 is 0.267 bits per heavy atom. The second-order valence-electron chi connectivity index (χ2n) is 19.5. The van der Waals surface area contributed by atoms with Crippen LogP contribution in [0.25, 0.3) is 0 Å². The molecule has 4 N–H and O–H groups in total. The van der Waals surface area contributed by atoms with E-state index in [2.05, 4.69) is 21.3 Å². The second kappa shape index (κ2) is 27.5. The molecule has 16 heteroatoms. The highest BCUT2D eigenvalue weighted by Crippen LogP contribution is 2.33. The summed E-state index contributed by atoms with van der Waals surface area (Å²) in [7, 11) is 0. The molecule has 0 atom stereocenters. The summed E-state index contributed by atoms with van der Waals surface area (Å²) in [6.45, 7) is 0.653. The van der Waals surface area contributed by atoms with E-state index in [1.165, 1.54) is 24.9 Å². The SMILES string of the molecule is O=C1C2=CNc3ccccc3N=C/C(=C\Nc3ccccc3N=C2)C(=O)c2ccccc2OCCCOc2ccccc2C(=O)C2=CNc3ccccc3N=C/C(=C/Nc3ccccc3N=C2)C(=O)c2ccccc2OCCCOc2ccccc21. The van der Waals surface area contributed by atoms with Crippen molar-refractivity contribution in [2.45, 2.75) is 12.8 Å². The number of para-hydroxylation sites is 12. The molecule has 0 saturated carbocycles. The van der Waals surface area contributed by atoms with Gasteiger partial charge in [0.05, 0.1) is 116 Å². The fourth-order valence-electron chi connectivity index (χ4n) is 9.25. The molecule has 0 aliphatic carbocycles. The minimum Gasteiger partial charge on any atom is -0.493 e. The van der Waals surface area contributed by atoms with Gasteiger partial charge in [0.1, 0.15) is 23.0 Å². The quantitative estimate of drug-likeness (QED) is 0.112. The topological polar surface area (TPSA) is 203 Å². The van der Waals surface area contributed by atoms with Crippen molar-refractivity contribution in [2.24, 2.45) is 20.0 Å². The first kappa shape index (κ1) is 56.3. The number of aliphatic imine (C=N–C) groups is 4. The molecule has 0 fully saturated rings. The van der Waals surface area contributed by atoms with E-state index in [0.29, 0.717) is 104 Å². The number of nitrogens with one attached hydrogen (secondary N) is 4. The van der Waals surface area contributed by atoms with Crippen LogP contribution < -0.4 is 40.2 Å². The summed E-state index contributed by atoms with van der Waals surface area (Å²) in [5, 5.41) is 13.1. The Labute approximate surface area is 496 Å². The van der Waals surface area contributed by atoms with Crippen LogP contribution in [-0.4, -0.2) is 74.4 Å². The molecule has 0 radical (unpaired) electrons. The van der Waals surface area contributed by atoms with Crippen LogP contribution in [-0.2, 0) is 0 Å². The number of ketones is 4. The number of carbonyl (C=O) groups excluding carboxylic acids is 4. The highest BCUT2D eigenvalue weighted by atomic mass is 16.5. The van der Waals surface area contributed by atoms with Crippen molar-refractivity contribution in [1.82, 2.24) is 0 Å². The Bertz CT molecular complexity index is 3610. The van der Waals surface area contributed by atoms with Gasteiger partial charge >= 0.3 is 0 Å². The lowest BCUT2D eigenvalue weighted by molar-refractivity contribution is 0.102. The number of benzene rings is 8. The zero-order valence-electron chi connectivity index (χ0n) is 46.4. The van der Waals surface area contributed by atoms with Crippen molar-refractivity contribution in [3.63, 3.8) is 0 Å². The maximum Gasteiger partial charge on any atom is 0.199 e. The van der Waals surface area contributed by atoms with Gasteiger partial charge in [-0.25, -0.2) is 0 Å². The summed E-state index contributed by atoms with van der Waals surface area (Å²) in [5.41, 5.74) is 6.11. The smallest absolute Gasteiger partial charge is 0.199 e. The van der Waals surface area contributed by atoms with Crippen molar-refractivity contribution in [3.05, 3.63) is 263 Å². The van der Waals surface area contributed by atoms with Crippen molar-refractivity contribution in [2.75, 3.05) is 47.7 Å². The first-order chi connectivity index (χ1) is 42.3. The summed E-state index contributed by atoms with van der Waals surface area (Å²) >= 11 is 0. The molecule has 424 valence electrons. The van der Waals surface area contributed by atoms with Gasteiger partial charge in [-0.2, -0.15) is 0 Å². The van der Waals surface area contributed by atoms with Gasteiger partial charge in [0.25, 0.3) is 0 Å². The van der Waals surface area contributed by atoms with Gasteiger partial charge in [-0.05, 0) is 97.1 Å². The molecule has 0 aromatic heterocycles. The molecule has 3 aliphatic rings. The summed E-state index contributed by atoms with van der Waals surface area (Å²) in [5.74, 6) is -0.104. The van der Waals surface area contributed by atoms with Crippen molar-refractivity contribution in [1.29, 1.82) is 0 Å².